The zero-order valence-corrected chi connectivity index (χ0v) is 18.0. The van der Waals surface area contributed by atoms with Crippen molar-refractivity contribution in [2.45, 2.75) is 19.3 Å². The van der Waals surface area contributed by atoms with Gasteiger partial charge in [0.25, 0.3) is 0 Å². The highest BCUT2D eigenvalue weighted by atomic mass is 79.9. The molecule has 1 heterocycles. The second kappa shape index (κ2) is 5.84. The van der Waals surface area contributed by atoms with Gasteiger partial charge in [-0.25, -0.2) is 0 Å². The number of hydrogen-bond acceptors (Lipinski definition) is 0. The Morgan fingerprint density at radius 2 is 1.45 bits per heavy atom. The molecule has 0 aliphatic heterocycles. The number of halogens is 1. The van der Waals surface area contributed by atoms with Gasteiger partial charge in [-0.15, -0.1) is 0 Å². The van der Waals surface area contributed by atoms with E-state index in [4.69, 9.17) is 0 Å². The van der Waals surface area contributed by atoms with Crippen LogP contribution in [0.3, 0.4) is 0 Å². The molecule has 0 amide bonds. The van der Waals surface area contributed by atoms with E-state index in [-0.39, 0.29) is 5.41 Å². The Hall–Kier alpha value is -2.84. The van der Waals surface area contributed by atoms with Crippen molar-refractivity contribution < 1.29 is 0 Å². The molecule has 5 aromatic rings. The molecule has 0 atom stereocenters. The Morgan fingerprint density at radius 1 is 0.724 bits per heavy atom. The summed E-state index contributed by atoms with van der Waals surface area (Å²) in [5.74, 6) is 0. The lowest BCUT2D eigenvalue weighted by atomic mass is 9.82. The molecule has 2 heteroatoms. The summed E-state index contributed by atoms with van der Waals surface area (Å²) in [6.45, 7) is 4.66. The highest BCUT2D eigenvalue weighted by molar-refractivity contribution is 9.10. The molecule has 0 saturated carbocycles. The Kier molecular flexibility index (Phi) is 3.43. The van der Waals surface area contributed by atoms with Crippen LogP contribution in [0.2, 0.25) is 0 Å². The van der Waals surface area contributed by atoms with Crippen LogP contribution in [-0.4, -0.2) is 4.57 Å². The van der Waals surface area contributed by atoms with E-state index in [0.717, 1.165) is 4.47 Å². The Balaban J connectivity index is 1.61. The van der Waals surface area contributed by atoms with Gasteiger partial charge in [-0.3, -0.25) is 0 Å². The Bertz CT molecular complexity index is 1440. The van der Waals surface area contributed by atoms with E-state index < -0.39 is 0 Å². The summed E-state index contributed by atoms with van der Waals surface area (Å²) in [5.41, 5.74) is 7.96. The minimum atomic E-state index is -0.0184. The van der Waals surface area contributed by atoms with E-state index in [0.29, 0.717) is 0 Å². The van der Waals surface area contributed by atoms with Crippen LogP contribution >= 0.6 is 15.9 Å². The molecule has 0 unspecified atom stereocenters. The normalized spacial score (nSPS) is 14.3. The van der Waals surface area contributed by atoms with Crippen molar-refractivity contribution in [3.8, 4) is 16.8 Å². The van der Waals surface area contributed by atoms with Crippen molar-refractivity contribution in [1.29, 1.82) is 0 Å². The van der Waals surface area contributed by atoms with Crippen LogP contribution in [0.1, 0.15) is 25.0 Å². The molecule has 0 radical (unpaired) electrons. The quantitative estimate of drug-likeness (QED) is 0.251. The van der Waals surface area contributed by atoms with Crippen LogP contribution < -0.4 is 0 Å². The van der Waals surface area contributed by atoms with E-state index in [1.54, 1.807) is 0 Å². The average Bonchev–Trinajstić information content (AvgIpc) is 3.26. The van der Waals surface area contributed by atoms with Crippen molar-refractivity contribution >= 4 is 37.6 Å². The number of nitrogens with zero attached hydrogens (tertiary/aromatic N) is 1. The van der Waals surface area contributed by atoms with Crippen molar-refractivity contribution in [2.75, 3.05) is 0 Å². The predicted octanol–water partition coefficient (Wildman–Crippen LogP) is 7.85. The molecule has 1 aliphatic rings. The molecular formula is C27H20BrN. The van der Waals surface area contributed by atoms with Crippen LogP contribution in [0.4, 0.5) is 0 Å². The van der Waals surface area contributed by atoms with Crippen LogP contribution in [-0.2, 0) is 5.41 Å². The van der Waals surface area contributed by atoms with Crippen LogP contribution in [0.15, 0.2) is 89.5 Å². The van der Waals surface area contributed by atoms with E-state index >= 15 is 0 Å². The first-order valence-corrected chi connectivity index (χ1v) is 10.8. The van der Waals surface area contributed by atoms with Gasteiger partial charge >= 0.3 is 0 Å². The van der Waals surface area contributed by atoms with E-state index in [2.05, 4.69) is 119 Å². The van der Waals surface area contributed by atoms with E-state index in [1.165, 1.54) is 49.6 Å². The largest absolute Gasteiger partial charge is 0.316 e. The van der Waals surface area contributed by atoms with Crippen molar-refractivity contribution in [3.05, 3.63) is 101 Å². The van der Waals surface area contributed by atoms with Gasteiger partial charge in [0.05, 0.1) is 5.52 Å². The number of rotatable bonds is 1. The van der Waals surface area contributed by atoms with Gasteiger partial charge in [-0.05, 0) is 58.0 Å². The number of hydrogen-bond donors (Lipinski definition) is 0. The summed E-state index contributed by atoms with van der Waals surface area (Å²) in [6.07, 6.45) is 2.20. The third kappa shape index (κ3) is 2.33. The van der Waals surface area contributed by atoms with Gasteiger partial charge < -0.3 is 4.57 Å². The summed E-state index contributed by atoms with van der Waals surface area (Å²) in [6, 6.07) is 28.9. The molecule has 6 rings (SSSR count). The third-order valence-electron chi connectivity index (χ3n) is 6.48. The first kappa shape index (κ1) is 17.1. The maximum atomic E-state index is 3.65. The molecule has 0 bridgehead atoms. The highest BCUT2D eigenvalue weighted by Crippen LogP contribution is 2.50. The van der Waals surface area contributed by atoms with Gasteiger partial charge in [0.1, 0.15) is 0 Å². The molecule has 0 spiro atoms. The minimum Gasteiger partial charge on any atom is -0.316 e. The fraction of sp³-hybridized carbons (Fsp3) is 0.111. The van der Waals surface area contributed by atoms with Crippen LogP contribution in [0, 0.1) is 0 Å². The maximum Gasteiger partial charge on any atom is 0.0606 e. The van der Waals surface area contributed by atoms with Gasteiger partial charge in [0, 0.05) is 32.5 Å². The molecule has 29 heavy (non-hydrogen) atoms. The second-order valence-electron chi connectivity index (χ2n) is 8.46. The van der Waals surface area contributed by atoms with E-state index in [1.807, 2.05) is 0 Å². The molecule has 0 saturated heterocycles. The Morgan fingerprint density at radius 3 is 2.31 bits per heavy atom. The summed E-state index contributed by atoms with van der Waals surface area (Å²) < 4.78 is 3.48. The monoisotopic (exact) mass is 437 g/mol. The fourth-order valence-corrected chi connectivity index (χ4v) is 5.33. The first-order valence-electron chi connectivity index (χ1n) is 9.98. The molecule has 1 aliphatic carbocycles. The molecule has 1 aromatic heterocycles. The molecule has 0 fully saturated rings. The standard InChI is InChI=1S/C27H20BrN/c1-27(2)24-15-19(28)9-11-22(24)23-12-10-20(16-25(23)27)29-14-13-18-8-7-17-5-3-4-6-21(17)26(18)29/h3-16H,1-2H3. The summed E-state index contributed by atoms with van der Waals surface area (Å²) in [5, 5.41) is 3.84. The van der Waals surface area contributed by atoms with Gasteiger partial charge in [-0.1, -0.05) is 78.3 Å². The second-order valence-corrected chi connectivity index (χ2v) is 9.37. The van der Waals surface area contributed by atoms with E-state index in [9.17, 15) is 0 Å². The van der Waals surface area contributed by atoms with Gasteiger partial charge in [0.2, 0.25) is 0 Å². The molecular weight excluding hydrogens is 418 g/mol. The zero-order valence-electron chi connectivity index (χ0n) is 16.4. The SMILES string of the molecule is CC1(C)c2cc(Br)ccc2-c2ccc(-n3ccc4ccc5ccccc5c43)cc21. The lowest BCUT2D eigenvalue weighted by Gasteiger charge is -2.22. The molecule has 140 valence electrons. The number of aromatic nitrogens is 1. The maximum absolute atomic E-state index is 3.65. The van der Waals surface area contributed by atoms with Crippen LogP contribution in [0.5, 0.6) is 0 Å². The average molecular weight is 438 g/mol. The van der Waals surface area contributed by atoms with Crippen molar-refractivity contribution in [1.82, 2.24) is 4.57 Å². The first-order chi connectivity index (χ1) is 14.0. The highest BCUT2D eigenvalue weighted by Gasteiger charge is 2.35. The zero-order chi connectivity index (χ0) is 19.8. The summed E-state index contributed by atoms with van der Waals surface area (Å²) >= 11 is 3.65. The topological polar surface area (TPSA) is 4.93 Å². The number of fused-ring (bicyclic) bond motifs is 6. The third-order valence-corrected chi connectivity index (χ3v) is 6.97. The fourth-order valence-electron chi connectivity index (χ4n) is 4.97. The van der Waals surface area contributed by atoms with Gasteiger partial charge in [0.15, 0.2) is 0 Å². The molecule has 1 nitrogen and oxygen atoms in total. The smallest absolute Gasteiger partial charge is 0.0606 e. The van der Waals surface area contributed by atoms with Gasteiger partial charge in [-0.2, -0.15) is 0 Å². The predicted molar refractivity (Wildman–Crippen MR) is 126 cm³/mol. The lowest BCUT2D eigenvalue weighted by molar-refractivity contribution is 0.659. The van der Waals surface area contributed by atoms with Crippen molar-refractivity contribution in [3.63, 3.8) is 0 Å². The molecule has 4 aromatic carbocycles. The van der Waals surface area contributed by atoms with Crippen LogP contribution in [0.25, 0.3) is 38.5 Å². The summed E-state index contributed by atoms with van der Waals surface area (Å²) in [4.78, 5) is 0. The number of benzene rings is 4. The van der Waals surface area contributed by atoms with Crippen molar-refractivity contribution in [2.24, 2.45) is 0 Å². The Labute approximate surface area is 178 Å². The minimum absolute atomic E-state index is 0.0184. The lowest BCUT2D eigenvalue weighted by Crippen LogP contribution is -2.15. The summed E-state index contributed by atoms with van der Waals surface area (Å²) in [7, 11) is 0. The molecule has 0 N–H and O–H groups in total.